The lowest BCUT2D eigenvalue weighted by Crippen LogP contribution is -2.54. The number of nitrogens with one attached hydrogen (secondary N) is 2. The van der Waals surface area contributed by atoms with Crippen LogP contribution in [-0.4, -0.2) is 82.8 Å². The second-order valence-corrected chi connectivity index (χ2v) is 11.1. The predicted octanol–water partition coefficient (Wildman–Crippen LogP) is 1.54. The number of hydrogen-bond donors (Lipinski definition) is 5. The van der Waals surface area contributed by atoms with Crippen molar-refractivity contribution in [3.8, 4) is 0 Å². The molecule has 3 aromatic rings. The highest BCUT2D eigenvalue weighted by Gasteiger charge is 2.38. The zero-order chi connectivity index (χ0) is 30.2. The van der Waals surface area contributed by atoms with E-state index in [0.717, 1.165) is 16.9 Å². The highest BCUT2D eigenvalue weighted by molar-refractivity contribution is 7.20. The predicted molar refractivity (Wildman–Crippen MR) is 160 cm³/mol. The summed E-state index contributed by atoms with van der Waals surface area (Å²) in [5.74, 6) is -2.14. The van der Waals surface area contributed by atoms with Crippen molar-refractivity contribution in [2.75, 3.05) is 20.1 Å². The molecular weight excluding hydrogens is 558 g/mol. The number of aliphatic imine (C=N–C) groups is 1. The van der Waals surface area contributed by atoms with Gasteiger partial charge in [-0.3, -0.25) is 19.4 Å². The average molecular weight is 594 g/mol. The first-order chi connectivity index (χ1) is 20.2. The standard InChI is InChI=1S/C29H35N7O5S/c1-32-21(15-17-7-3-2-4-8-17)27(39)36-14-6-10-22(36)25(38)34-20(9-5-13-33-29(30)31)24(37)26-35-19-12-11-18(28(40)41)16-23(19)42-26/h2-4,7-8,11-12,16,20-22,32H,5-6,9-10,13-15H2,1H3,(H,34,38)(H,40,41)(H4,30,31,33). The Morgan fingerprint density at radius 3 is 2.60 bits per heavy atom. The van der Waals surface area contributed by atoms with Gasteiger partial charge in [-0.1, -0.05) is 30.3 Å². The number of nitrogens with two attached hydrogens (primary N) is 2. The van der Waals surface area contributed by atoms with Gasteiger partial charge in [0.2, 0.25) is 17.6 Å². The molecule has 1 fully saturated rings. The summed E-state index contributed by atoms with van der Waals surface area (Å²) in [5.41, 5.74) is 12.4. The summed E-state index contributed by atoms with van der Waals surface area (Å²) in [5, 5.41) is 15.4. The van der Waals surface area contributed by atoms with Crippen molar-refractivity contribution in [1.29, 1.82) is 0 Å². The zero-order valence-electron chi connectivity index (χ0n) is 23.3. The molecule has 2 aromatic carbocycles. The summed E-state index contributed by atoms with van der Waals surface area (Å²) in [4.78, 5) is 62.0. The minimum atomic E-state index is -1.08. The molecule has 0 saturated carbocycles. The molecule has 1 saturated heterocycles. The van der Waals surface area contributed by atoms with Crippen LogP contribution >= 0.6 is 11.3 Å². The second kappa shape index (κ2) is 14.0. The quantitative estimate of drug-likeness (QED) is 0.0846. The monoisotopic (exact) mass is 593 g/mol. The molecule has 1 aliphatic rings. The number of rotatable bonds is 13. The van der Waals surface area contributed by atoms with Crippen LogP contribution in [-0.2, 0) is 16.0 Å². The van der Waals surface area contributed by atoms with Gasteiger partial charge in [-0.2, -0.15) is 0 Å². The van der Waals surface area contributed by atoms with Crippen molar-refractivity contribution in [2.24, 2.45) is 16.5 Å². The molecule has 0 aliphatic carbocycles. The molecule has 4 rings (SSSR count). The van der Waals surface area contributed by atoms with Crippen LogP contribution in [0.2, 0.25) is 0 Å². The van der Waals surface area contributed by atoms with Crippen LogP contribution in [0.4, 0.5) is 0 Å². The topological polar surface area (TPSA) is 193 Å². The van der Waals surface area contributed by atoms with Crippen LogP contribution < -0.4 is 22.1 Å². The highest BCUT2D eigenvalue weighted by Crippen LogP contribution is 2.26. The maximum absolute atomic E-state index is 13.6. The molecule has 0 spiro atoms. The van der Waals surface area contributed by atoms with Crippen molar-refractivity contribution in [3.63, 3.8) is 0 Å². The molecule has 2 heterocycles. The first-order valence-corrected chi connectivity index (χ1v) is 14.5. The Hall–Kier alpha value is -4.36. The number of thiazole rings is 1. The maximum Gasteiger partial charge on any atom is 0.335 e. The van der Waals surface area contributed by atoms with Gasteiger partial charge in [0.1, 0.15) is 6.04 Å². The lowest BCUT2D eigenvalue weighted by atomic mass is 10.0. The molecule has 222 valence electrons. The molecule has 7 N–H and O–H groups in total. The normalized spacial score (nSPS) is 16.1. The molecule has 13 heteroatoms. The Bertz CT molecular complexity index is 1470. The number of ketones is 1. The van der Waals surface area contributed by atoms with E-state index < -0.39 is 35.8 Å². The van der Waals surface area contributed by atoms with Crippen molar-refractivity contribution in [2.45, 2.75) is 50.2 Å². The molecule has 0 radical (unpaired) electrons. The van der Waals surface area contributed by atoms with E-state index in [9.17, 15) is 24.3 Å². The van der Waals surface area contributed by atoms with E-state index in [1.54, 1.807) is 18.0 Å². The Morgan fingerprint density at radius 1 is 1.14 bits per heavy atom. The van der Waals surface area contributed by atoms with E-state index in [1.807, 2.05) is 30.3 Å². The Morgan fingerprint density at radius 2 is 1.90 bits per heavy atom. The van der Waals surface area contributed by atoms with Gasteiger partial charge in [0.15, 0.2) is 11.0 Å². The van der Waals surface area contributed by atoms with E-state index in [-0.39, 0.29) is 35.4 Å². The summed E-state index contributed by atoms with van der Waals surface area (Å²) < 4.78 is 0.549. The van der Waals surface area contributed by atoms with E-state index in [4.69, 9.17) is 11.5 Å². The van der Waals surface area contributed by atoms with E-state index in [2.05, 4.69) is 20.6 Å². The highest BCUT2D eigenvalue weighted by atomic mass is 32.1. The molecule has 2 amide bonds. The van der Waals surface area contributed by atoms with Crippen molar-refractivity contribution in [1.82, 2.24) is 20.5 Å². The van der Waals surface area contributed by atoms with Gasteiger partial charge in [-0.25, -0.2) is 9.78 Å². The van der Waals surface area contributed by atoms with Gasteiger partial charge in [-0.05, 0) is 62.9 Å². The minimum Gasteiger partial charge on any atom is -0.478 e. The molecule has 1 aromatic heterocycles. The summed E-state index contributed by atoms with van der Waals surface area (Å²) in [6.07, 6.45) is 2.28. The van der Waals surface area contributed by atoms with Crippen LogP contribution in [0.15, 0.2) is 53.5 Å². The van der Waals surface area contributed by atoms with Crippen molar-refractivity contribution in [3.05, 3.63) is 64.7 Å². The first-order valence-electron chi connectivity index (χ1n) is 13.7. The van der Waals surface area contributed by atoms with E-state index in [0.29, 0.717) is 42.4 Å². The molecule has 0 bridgehead atoms. The molecule has 3 unspecified atom stereocenters. The Balaban J connectivity index is 1.51. The van der Waals surface area contributed by atoms with Gasteiger partial charge in [0.25, 0.3) is 0 Å². The van der Waals surface area contributed by atoms with E-state index >= 15 is 0 Å². The lowest BCUT2D eigenvalue weighted by Gasteiger charge is -2.29. The van der Waals surface area contributed by atoms with Crippen LogP contribution in [0.1, 0.15) is 51.4 Å². The number of carbonyl (C=O) groups is 4. The van der Waals surface area contributed by atoms with Crippen LogP contribution in [0.3, 0.4) is 0 Å². The third kappa shape index (κ3) is 7.47. The summed E-state index contributed by atoms with van der Waals surface area (Å²) >= 11 is 1.07. The van der Waals surface area contributed by atoms with Crippen LogP contribution in [0, 0.1) is 0 Å². The Labute approximate surface area is 247 Å². The molecule has 3 atom stereocenters. The fourth-order valence-corrected chi connectivity index (χ4v) is 6.02. The first kappa shape index (κ1) is 30.6. The number of carboxylic acids is 1. The number of Topliss-reactive ketones (excluding diaryl/α,β-unsaturated/α-hetero) is 1. The summed E-state index contributed by atoms with van der Waals surface area (Å²) in [6.45, 7) is 0.706. The zero-order valence-corrected chi connectivity index (χ0v) is 24.1. The number of aromatic nitrogens is 1. The number of benzene rings is 2. The second-order valence-electron chi connectivity index (χ2n) is 10.1. The van der Waals surface area contributed by atoms with Crippen LogP contribution in [0.5, 0.6) is 0 Å². The summed E-state index contributed by atoms with van der Waals surface area (Å²) in [6, 6.07) is 11.9. The molecule has 42 heavy (non-hydrogen) atoms. The largest absolute Gasteiger partial charge is 0.478 e. The fourth-order valence-electron chi connectivity index (χ4n) is 5.02. The third-order valence-corrected chi connectivity index (χ3v) is 8.22. The number of carbonyl (C=O) groups excluding carboxylic acids is 3. The van der Waals surface area contributed by atoms with Crippen LogP contribution in [0.25, 0.3) is 10.2 Å². The molecule has 12 nitrogen and oxygen atoms in total. The van der Waals surface area contributed by atoms with Crippen molar-refractivity contribution >= 4 is 51.1 Å². The number of carboxylic acid groups (broad SMARTS) is 1. The van der Waals surface area contributed by atoms with Gasteiger partial charge >= 0.3 is 5.97 Å². The third-order valence-electron chi connectivity index (χ3n) is 7.19. The number of likely N-dealkylation sites (tertiary alicyclic amines) is 1. The number of amides is 2. The average Bonchev–Trinajstić information content (AvgIpc) is 3.64. The number of likely N-dealkylation sites (N-methyl/N-ethyl adjacent to an activating group) is 1. The molecule has 1 aliphatic heterocycles. The minimum absolute atomic E-state index is 0.0722. The van der Waals surface area contributed by atoms with Gasteiger partial charge in [0.05, 0.1) is 27.9 Å². The van der Waals surface area contributed by atoms with Gasteiger partial charge < -0.3 is 32.1 Å². The van der Waals surface area contributed by atoms with Crippen molar-refractivity contribution < 1.29 is 24.3 Å². The number of hydrogen-bond acceptors (Lipinski definition) is 8. The smallest absolute Gasteiger partial charge is 0.335 e. The molecular formula is C29H35N7O5S. The maximum atomic E-state index is 13.6. The van der Waals surface area contributed by atoms with Gasteiger partial charge in [0, 0.05) is 13.1 Å². The Kier molecular flexibility index (Phi) is 10.2. The fraction of sp³-hybridized carbons (Fsp3) is 0.379. The number of guanidine groups is 1. The van der Waals surface area contributed by atoms with E-state index in [1.165, 1.54) is 12.1 Å². The number of nitrogens with zero attached hydrogens (tertiary/aromatic N) is 3. The number of fused-ring (bicyclic) bond motifs is 1. The summed E-state index contributed by atoms with van der Waals surface area (Å²) in [7, 11) is 1.72. The number of aromatic carboxylic acids is 1. The SMILES string of the molecule is CNC(Cc1ccccc1)C(=O)N1CCCC1C(=O)NC(CCCN=C(N)N)C(=O)c1nc2ccc(C(=O)O)cc2s1. The lowest BCUT2D eigenvalue weighted by molar-refractivity contribution is -0.140. The van der Waals surface area contributed by atoms with Gasteiger partial charge in [-0.15, -0.1) is 11.3 Å².